The van der Waals surface area contributed by atoms with Crippen molar-refractivity contribution in [3.63, 3.8) is 0 Å². The van der Waals surface area contributed by atoms with Crippen molar-refractivity contribution in [2.75, 3.05) is 20.6 Å². The lowest BCUT2D eigenvalue weighted by Crippen LogP contribution is -2.28. The van der Waals surface area contributed by atoms with Gasteiger partial charge in [0.05, 0.1) is 0 Å². The molecule has 1 aromatic rings. The summed E-state index contributed by atoms with van der Waals surface area (Å²) >= 11 is 0. The molecule has 0 bridgehead atoms. The summed E-state index contributed by atoms with van der Waals surface area (Å²) in [4.78, 5) is 13.0. The summed E-state index contributed by atoms with van der Waals surface area (Å²) in [5.74, 6) is 0.160. The van der Waals surface area contributed by atoms with E-state index in [-0.39, 0.29) is 11.9 Å². The minimum atomic E-state index is 0.160. The molecule has 1 rings (SSSR count). The van der Waals surface area contributed by atoms with Crippen LogP contribution in [0.4, 0.5) is 0 Å². The third kappa shape index (κ3) is 4.03. The average molecular weight is 220 g/mol. The van der Waals surface area contributed by atoms with Gasteiger partial charge in [-0.3, -0.25) is 4.79 Å². The van der Waals surface area contributed by atoms with Crippen LogP contribution < -0.4 is 5.32 Å². The first-order chi connectivity index (χ1) is 7.61. The van der Waals surface area contributed by atoms with Gasteiger partial charge in [0, 0.05) is 33.1 Å². The van der Waals surface area contributed by atoms with Gasteiger partial charge in [-0.05, 0) is 12.5 Å². The van der Waals surface area contributed by atoms with E-state index in [9.17, 15) is 4.79 Å². The summed E-state index contributed by atoms with van der Waals surface area (Å²) in [7, 11) is 3.56. The molecule has 16 heavy (non-hydrogen) atoms. The molecule has 0 aliphatic heterocycles. The molecule has 0 saturated heterocycles. The van der Waals surface area contributed by atoms with Crippen LogP contribution >= 0.6 is 0 Å². The lowest BCUT2D eigenvalue weighted by atomic mass is 10.1. The lowest BCUT2D eigenvalue weighted by molar-refractivity contribution is -0.128. The highest BCUT2D eigenvalue weighted by molar-refractivity contribution is 5.75. The SMILES string of the molecule is C[C@@H](NCCC(=O)N(C)C)c1ccccc1. The Kier molecular flexibility index (Phi) is 4.99. The van der Waals surface area contributed by atoms with Crippen molar-refractivity contribution in [1.82, 2.24) is 10.2 Å². The Morgan fingerprint density at radius 1 is 1.31 bits per heavy atom. The second-order valence-electron chi connectivity index (χ2n) is 4.12. The normalized spacial score (nSPS) is 12.2. The number of carbonyl (C=O) groups is 1. The van der Waals surface area contributed by atoms with E-state index in [0.717, 1.165) is 0 Å². The van der Waals surface area contributed by atoms with Crippen molar-refractivity contribution in [1.29, 1.82) is 0 Å². The average Bonchev–Trinajstić information content (AvgIpc) is 2.29. The van der Waals surface area contributed by atoms with Crippen LogP contribution in [0, 0.1) is 0 Å². The van der Waals surface area contributed by atoms with Gasteiger partial charge >= 0.3 is 0 Å². The third-order valence-corrected chi connectivity index (χ3v) is 2.59. The topological polar surface area (TPSA) is 32.3 Å². The Balaban J connectivity index is 2.31. The van der Waals surface area contributed by atoms with Crippen LogP contribution in [-0.4, -0.2) is 31.4 Å². The van der Waals surface area contributed by atoms with Gasteiger partial charge in [0.15, 0.2) is 0 Å². The molecule has 3 nitrogen and oxygen atoms in total. The van der Waals surface area contributed by atoms with Gasteiger partial charge in [0.25, 0.3) is 0 Å². The quantitative estimate of drug-likeness (QED) is 0.821. The molecule has 0 spiro atoms. The fourth-order valence-electron chi connectivity index (χ4n) is 1.48. The van der Waals surface area contributed by atoms with Crippen LogP contribution in [0.1, 0.15) is 24.9 Å². The van der Waals surface area contributed by atoms with Crippen molar-refractivity contribution in [3.05, 3.63) is 35.9 Å². The monoisotopic (exact) mass is 220 g/mol. The zero-order valence-corrected chi connectivity index (χ0v) is 10.2. The summed E-state index contributed by atoms with van der Waals surface area (Å²) in [5.41, 5.74) is 1.25. The first-order valence-corrected chi connectivity index (χ1v) is 5.59. The Labute approximate surface area is 97.5 Å². The van der Waals surface area contributed by atoms with E-state index in [1.54, 1.807) is 19.0 Å². The Morgan fingerprint density at radius 3 is 2.50 bits per heavy atom. The zero-order chi connectivity index (χ0) is 12.0. The standard InChI is InChI=1S/C13H20N2O/c1-11(12-7-5-4-6-8-12)14-10-9-13(16)15(2)3/h4-8,11,14H,9-10H2,1-3H3/t11-/m1/s1. The number of carbonyl (C=O) groups excluding carboxylic acids is 1. The number of amides is 1. The van der Waals surface area contributed by atoms with Crippen molar-refractivity contribution in [2.45, 2.75) is 19.4 Å². The summed E-state index contributed by atoms with van der Waals surface area (Å²) < 4.78 is 0. The molecule has 1 atom stereocenters. The van der Waals surface area contributed by atoms with Crippen LogP contribution in [-0.2, 0) is 4.79 Å². The van der Waals surface area contributed by atoms with Crippen molar-refractivity contribution >= 4 is 5.91 Å². The molecule has 1 aromatic carbocycles. The summed E-state index contributed by atoms with van der Waals surface area (Å²) in [6, 6.07) is 10.5. The molecule has 0 saturated carbocycles. The molecule has 88 valence electrons. The molecular formula is C13H20N2O. The van der Waals surface area contributed by atoms with E-state index < -0.39 is 0 Å². The maximum absolute atomic E-state index is 11.3. The predicted molar refractivity (Wildman–Crippen MR) is 66.2 cm³/mol. The molecule has 0 aromatic heterocycles. The highest BCUT2D eigenvalue weighted by Crippen LogP contribution is 2.10. The van der Waals surface area contributed by atoms with Crippen molar-refractivity contribution in [3.8, 4) is 0 Å². The first-order valence-electron chi connectivity index (χ1n) is 5.59. The lowest BCUT2D eigenvalue weighted by Gasteiger charge is -2.15. The number of hydrogen-bond donors (Lipinski definition) is 1. The summed E-state index contributed by atoms with van der Waals surface area (Å²) in [6.45, 7) is 2.82. The number of nitrogens with zero attached hydrogens (tertiary/aromatic N) is 1. The van der Waals surface area contributed by atoms with Crippen molar-refractivity contribution in [2.24, 2.45) is 0 Å². The summed E-state index contributed by atoms with van der Waals surface area (Å²) in [5, 5.41) is 3.34. The minimum absolute atomic E-state index is 0.160. The van der Waals surface area contributed by atoms with Crippen LogP contribution in [0.25, 0.3) is 0 Å². The Bertz CT molecular complexity index is 322. The number of nitrogens with one attached hydrogen (secondary N) is 1. The molecule has 3 heteroatoms. The van der Waals surface area contributed by atoms with Crippen molar-refractivity contribution < 1.29 is 4.79 Å². The fourth-order valence-corrected chi connectivity index (χ4v) is 1.48. The molecule has 0 aliphatic carbocycles. The van der Waals surface area contributed by atoms with E-state index in [1.165, 1.54) is 5.56 Å². The van der Waals surface area contributed by atoms with E-state index in [2.05, 4.69) is 24.4 Å². The van der Waals surface area contributed by atoms with Gasteiger partial charge in [0.2, 0.25) is 5.91 Å². The first kappa shape index (κ1) is 12.7. The third-order valence-electron chi connectivity index (χ3n) is 2.59. The van der Waals surface area contributed by atoms with E-state index in [1.807, 2.05) is 18.2 Å². The molecule has 0 radical (unpaired) electrons. The zero-order valence-electron chi connectivity index (χ0n) is 10.2. The molecular weight excluding hydrogens is 200 g/mol. The highest BCUT2D eigenvalue weighted by atomic mass is 16.2. The van der Waals surface area contributed by atoms with Gasteiger partial charge in [0.1, 0.15) is 0 Å². The van der Waals surface area contributed by atoms with Crippen LogP contribution in [0.3, 0.4) is 0 Å². The molecule has 0 fully saturated rings. The number of rotatable bonds is 5. The van der Waals surface area contributed by atoms with Crippen LogP contribution in [0.2, 0.25) is 0 Å². The van der Waals surface area contributed by atoms with E-state index >= 15 is 0 Å². The second kappa shape index (κ2) is 6.28. The van der Waals surface area contributed by atoms with Gasteiger partial charge in [-0.25, -0.2) is 0 Å². The molecule has 0 unspecified atom stereocenters. The molecule has 0 heterocycles. The minimum Gasteiger partial charge on any atom is -0.349 e. The Morgan fingerprint density at radius 2 is 1.94 bits per heavy atom. The smallest absolute Gasteiger partial charge is 0.223 e. The number of benzene rings is 1. The maximum Gasteiger partial charge on any atom is 0.223 e. The van der Waals surface area contributed by atoms with Crippen LogP contribution in [0.5, 0.6) is 0 Å². The van der Waals surface area contributed by atoms with Crippen LogP contribution in [0.15, 0.2) is 30.3 Å². The van der Waals surface area contributed by atoms with Gasteiger partial charge in [-0.2, -0.15) is 0 Å². The molecule has 1 N–H and O–H groups in total. The van der Waals surface area contributed by atoms with Gasteiger partial charge in [-0.15, -0.1) is 0 Å². The molecule has 1 amide bonds. The summed E-state index contributed by atoms with van der Waals surface area (Å²) in [6.07, 6.45) is 0.546. The largest absolute Gasteiger partial charge is 0.349 e. The molecule has 0 aliphatic rings. The van der Waals surface area contributed by atoms with E-state index in [0.29, 0.717) is 13.0 Å². The van der Waals surface area contributed by atoms with Gasteiger partial charge < -0.3 is 10.2 Å². The van der Waals surface area contributed by atoms with E-state index in [4.69, 9.17) is 0 Å². The second-order valence-corrected chi connectivity index (χ2v) is 4.12. The van der Waals surface area contributed by atoms with Gasteiger partial charge in [-0.1, -0.05) is 30.3 Å². The predicted octanol–water partition coefficient (Wildman–Crippen LogP) is 1.82. The fraction of sp³-hybridized carbons (Fsp3) is 0.462. The maximum atomic E-state index is 11.3. The number of hydrogen-bond acceptors (Lipinski definition) is 2. The Hall–Kier alpha value is -1.35. The highest BCUT2D eigenvalue weighted by Gasteiger charge is 2.06.